The summed E-state index contributed by atoms with van der Waals surface area (Å²) < 4.78 is 0. The van der Waals surface area contributed by atoms with E-state index in [0.29, 0.717) is 12.8 Å². The van der Waals surface area contributed by atoms with Crippen molar-refractivity contribution in [2.24, 2.45) is 11.8 Å². The predicted octanol–water partition coefficient (Wildman–Crippen LogP) is 0.240. The Morgan fingerprint density at radius 1 is 1.09 bits per heavy atom. The van der Waals surface area contributed by atoms with Crippen LogP contribution in [0.1, 0.15) is 12.8 Å². The number of hydrogen-bond donors (Lipinski definition) is 0. The molecule has 0 N–H and O–H groups in total. The number of imide groups is 1. The molecule has 2 atom stereocenters. The molecule has 11 heavy (non-hydrogen) atoms. The highest BCUT2D eigenvalue weighted by Gasteiger charge is 2.42. The fourth-order valence-electron chi connectivity index (χ4n) is 1.63. The molecule has 0 aromatic heterocycles. The van der Waals surface area contributed by atoms with Gasteiger partial charge in [-0.2, -0.15) is 5.32 Å². The molecular formula is C8H8NO2. The summed E-state index contributed by atoms with van der Waals surface area (Å²) in [5.74, 6) is -0.700. The van der Waals surface area contributed by atoms with Crippen molar-refractivity contribution in [1.82, 2.24) is 5.32 Å². The Hall–Kier alpha value is -1.12. The van der Waals surface area contributed by atoms with Crippen molar-refractivity contribution in [2.45, 2.75) is 12.8 Å². The number of fused-ring (bicyclic) bond motifs is 1. The highest BCUT2D eigenvalue weighted by Crippen LogP contribution is 2.30. The number of amides is 2. The van der Waals surface area contributed by atoms with Crippen LogP contribution in [0, 0.1) is 11.8 Å². The second-order valence-corrected chi connectivity index (χ2v) is 2.94. The zero-order chi connectivity index (χ0) is 7.84. The van der Waals surface area contributed by atoms with E-state index in [1.807, 2.05) is 12.2 Å². The van der Waals surface area contributed by atoms with Gasteiger partial charge in [0.2, 0.25) is 0 Å². The molecule has 1 saturated heterocycles. The molecule has 0 saturated carbocycles. The molecule has 0 aromatic rings. The van der Waals surface area contributed by atoms with Gasteiger partial charge < -0.3 is 0 Å². The summed E-state index contributed by atoms with van der Waals surface area (Å²) in [7, 11) is 0. The summed E-state index contributed by atoms with van der Waals surface area (Å²) in [6.45, 7) is 0. The smallest absolute Gasteiger partial charge is 0.253 e. The summed E-state index contributed by atoms with van der Waals surface area (Å²) in [5, 5.41) is 3.42. The molecule has 0 unspecified atom stereocenters. The third-order valence-corrected chi connectivity index (χ3v) is 2.29. The molecule has 2 amide bonds. The molecule has 0 aromatic carbocycles. The minimum atomic E-state index is -0.218. The quantitative estimate of drug-likeness (QED) is 0.367. The minimum Gasteiger partial charge on any atom is -0.272 e. The maximum atomic E-state index is 11.0. The first-order valence-corrected chi connectivity index (χ1v) is 3.73. The van der Waals surface area contributed by atoms with E-state index in [1.165, 1.54) is 0 Å². The Bertz CT molecular complexity index is 220. The Morgan fingerprint density at radius 2 is 1.55 bits per heavy atom. The summed E-state index contributed by atoms with van der Waals surface area (Å²) in [4.78, 5) is 22.0. The topological polar surface area (TPSA) is 48.2 Å². The lowest BCUT2D eigenvalue weighted by atomic mass is 9.85. The highest BCUT2D eigenvalue weighted by atomic mass is 16.2. The monoisotopic (exact) mass is 150 g/mol. The summed E-state index contributed by atoms with van der Waals surface area (Å²) in [6, 6.07) is 0. The highest BCUT2D eigenvalue weighted by molar-refractivity contribution is 6.04. The Kier molecular flexibility index (Phi) is 1.31. The van der Waals surface area contributed by atoms with Gasteiger partial charge >= 0.3 is 0 Å². The normalized spacial score (nSPS) is 35.3. The number of nitrogens with zero attached hydrogens (tertiary/aromatic N) is 1. The Morgan fingerprint density at radius 3 is 2.00 bits per heavy atom. The Labute approximate surface area is 64.5 Å². The van der Waals surface area contributed by atoms with Crippen LogP contribution in [-0.2, 0) is 9.59 Å². The average molecular weight is 150 g/mol. The van der Waals surface area contributed by atoms with Gasteiger partial charge in [0.1, 0.15) is 0 Å². The van der Waals surface area contributed by atoms with E-state index >= 15 is 0 Å². The van der Waals surface area contributed by atoms with Crippen LogP contribution < -0.4 is 5.32 Å². The van der Waals surface area contributed by atoms with Gasteiger partial charge in [0.05, 0.1) is 11.8 Å². The molecule has 0 spiro atoms. The maximum Gasteiger partial charge on any atom is 0.253 e. The second-order valence-electron chi connectivity index (χ2n) is 2.94. The van der Waals surface area contributed by atoms with E-state index in [4.69, 9.17) is 0 Å². The molecule has 1 fully saturated rings. The Balaban J connectivity index is 2.28. The lowest BCUT2D eigenvalue weighted by molar-refractivity contribution is -0.126. The van der Waals surface area contributed by atoms with Gasteiger partial charge in [-0.25, -0.2) is 0 Å². The standard InChI is InChI=1S/C8H8NO2/c10-7-5-3-1-2-4-6(5)8(11)9-7/h1-2,5-6H,3-4H2/t5-,6+. The molecule has 0 bridgehead atoms. The van der Waals surface area contributed by atoms with Crippen LogP contribution in [0.15, 0.2) is 12.2 Å². The van der Waals surface area contributed by atoms with Gasteiger partial charge in [-0.05, 0) is 12.8 Å². The first kappa shape index (κ1) is 6.58. The van der Waals surface area contributed by atoms with Crippen LogP contribution in [0.3, 0.4) is 0 Å². The van der Waals surface area contributed by atoms with Gasteiger partial charge in [0.15, 0.2) is 0 Å². The van der Waals surface area contributed by atoms with Crippen molar-refractivity contribution in [3.63, 3.8) is 0 Å². The van der Waals surface area contributed by atoms with Gasteiger partial charge in [0.25, 0.3) is 11.8 Å². The SMILES string of the molecule is O=C1[N]C(=O)[C@@H]2CC=CC[C@H]12. The van der Waals surface area contributed by atoms with Crippen molar-refractivity contribution in [3.05, 3.63) is 12.2 Å². The number of carbonyl (C=O) groups is 2. The van der Waals surface area contributed by atoms with Crippen molar-refractivity contribution < 1.29 is 9.59 Å². The molecule has 1 heterocycles. The molecule has 2 rings (SSSR count). The van der Waals surface area contributed by atoms with Crippen molar-refractivity contribution in [1.29, 1.82) is 0 Å². The van der Waals surface area contributed by atoms with E-state index in [2.05, 4.69) is 5.32 Å². The minimum absolute atomic E-state index is 0.132. The van der Waals surface area contributed by atoms with Crippen molar-refractivity contribution in [3.8, 4) is 0 Å². The zero-order valence-corrected chi connectivity index (χ0v) is 5.99. The van der Waals surface area contributed by atoms with E-state index in [0.717, 1.165) is 0 Å². The van der Waals surface area contributed by atoms with E-state index in [9.17, 15) is 9.59 Å². The van der Waals surface area contributed by atoms with Crippen LogP contribution in [0.4, 0.5) is 0 Å². The van der Waals surface area contributed by atoms with Gasteiger partial charge in [-0.1, -0.05) is 12.2 Å². The van der Waals surface area contributed by atoms with E-state index < -0.39 is 0 Å². The van der Waals surface area contributed by atoms with E-state index in [-0.39, 0.29) is 23.7 Å². The number of hydrogen-bond acceptors (Lipinski definition) is 2. The molecule has 3 heteroatoms. The molecule has 2 aliphatic rings. The second kappa shape index (κ2) is 2.19. The predicted molar refractivity (Wildman–Crippen MR) is 37.5 cm³/mol. The van der Waals surface area contributed by atoms with Crippen molar-refractivity contribution in [2.75, 3.05) is 0 Å². The zero-order valence-electron chi connectivity index (χ0n) is 5.99. The van der Waals surface area contributed by atoms with Crippen molar-refractivity contribution >= 4 is 11.8 Å². The van der Waals surface area contributed by atoms with Crippen LogP contribution in [-0.4, -0.2) is 11.8 Å². The molecule has 1 radical (unpaired) electrons. The molecular weight excluding hydrogens is 142 g/mol. The molecule has 1 aliphatic heterocycles. The van der Waals surface area contributed by atoms with E-state index in [1.54, 1.807) is 0 Å². The maximum absolute atomic E-state index is 11.0. The van der Waals surface area contributed by atoms with Gasteiger partial charge in [-0.3, -0.25) is 9.59 Å². The third-order valence-electron chi connectivity index (χ3n) is 2.29. The van der Waals surface area contributed by atoms with Crippen LogP contribution in [0.25, 0.3) is 0 Å². The largest absolute Gasteiger partial charge is 0.272 e. The summed E-state index contributed by atoms with van der Waals surface area (Å²) in [5.41, 5.74) is 0. The fourth-order valence-corrected chi connectivity index (χ4v) is 1.63. The first-order chi connectivity index (χ1) is 5.29. The molecule has 57 valence electrons. The number of allylic oxidation sites excluding steroid dienone is 2. The number of rotatable bonds is 0. The molecule has 3 nitrogen and oxygen atoms in total. The first-order valence-electron chi connectivity index (χ1n) is 3.73. The van der Waals surface area contributed by atoms with Crippen LogP contribution in [0.5, 0.6) is 0 Å². The lowest BCUT2D eigenvalue weighted by Crippen LogP contribution is -2.18. The fraction of sp³-hybridized carbons (Fsp3) is 0.500. The van der Waals surface area contributed by atoms with Crippen LogP contribution >= 0.6 is 0 Å². The van der Waals surface area contributed by atoms with Crippen LogP contribution in [0.2, 0.25) is 0 Å². The summed E-state index contributed by atoms with van der Waals surface area (Å²) >= 11 is 0. The lowest BCUT2D eigenvalue weighted by Gasteiger charge is -2.14. The van der Waals surface area contributed by atoms with Gasteiger partial charge in [0, 0.05) is 0 Å². The number of carbonyl (C=O) groups excluding carboxylic acids is 2. The summed E-state index contributed by atoms with van der Waals surface area (Å²) in [6.07, 6.45) is 5.29. The average Bonchev–Trinajstić information content (AvgIpc) is 2.30. The third kappa shape index (κ3) is 0.878. The molecule has 1 aliphatic carbocycles. The van der Waals surface area contributed by atoms with Gasteiger partial charge in [-0.15, -0.1) is 0 Å².